The highest BCUT2D eigenvalue weighted by molar-refractivity contribution is 6.07. The summed E-state index contributed by atoms with van der Waals surface area (Å²) in [6, 6.07) is -28.6. The standard InChI is InChI=1S/C48H33NO/c1-48(43-19-9-7-17-39(43)40-18-8-10-20-44(40)48)35-24-28-41-42-29-27-37(31-47(42)50-46(41)30-35)49(45-21-11-15-34-14-5-6-16-38(34)45)36-25-22-33(23-26-36)32-12-3-2-4-13-32/h2-31H,1H3/i2D,3D,4D,5D,6D,7D,8D,9D,10D,11D,12D,13D,14D,15D,16D,17D,18D,19D,20D,21D,22D,23D,24D,25D,26D,27D,28D,29D,30D,31D. The zero-order chi connectivity index (χ0) is 59.3. The van der Waals surface area contributed by atoms with Gasteiger partial charge in [0.05, 0.1) is 46.8 Å². The van der Waals surface area contributed by atoms with Crippen molar-refractivity contribution >= 4 is 49.8 Å². The lowest BCUT2D eigenvalue weighted by molar-refractivity contribution is 0.662. The lowest BCUT2D eigenvalue weighted by atomic mass is 9.74. The molecule has 0 saturated heterocycles. The molecule has 2 nitrogen and oxygen atoms in total. The molecule has 50 heavy (non-hydrogen) atoms. The zero-order valence-electron chi connectivity index (χ0n) is 55.4. The monoisotopic (exact) mass is 669 g/mol. The van der Waals surface area contributed by atoms with E-state index in [1.165, 1.54) is 6.92 Å². The summed E-state index contributed by atoms with van der Waals surface area (Å²) in [7, 11) is 0. The predicted molar refractivity (Wildman–Crippen MR) is 209 cm³/mol. The highest BCUT2D eigenvalue weighted by Crippen LogP contribution is 2.53. The molecule has 0 aliphatic heterocycles. The minimum atomic E-state index is -2.31. The predicted octanol–water partition coefficient (Wildman–Crippen LogP) is 13.2. The van der Waals surface area contributed by atoms with Gasteiger partial charge in [0, 0.05) is 39.0 Å². The number of fused-ring (bicyclic) bond motifs is 7. The molecule has 1 aromatic heterocycles. The number of nitrogens with zero attached hydrogens (tertiary/aromatic N) is 1. The summed E-state index contributed by atoms with van der Waals surface area (Å²) < 4.78 is 276. The van der Waals surface area contributed by atoms with Crippen molar-refractivity contribution in [2.75, 3.05) is 4.90 Å². The largest absolute Gasteiger partial charge is 0.456 e. The molecule has 0 amide bonds. The lowest BCUT2D eigenvalue weighted by Crippen LogP contribution is -2.22. The fourth-order valence-corrected chi connectivity index (χ4v) is 6.08. The van der Waals surface area contributed by atoms with Crippen LogP contribution in [0.2, 0.25) is 0 Å². The van der Waals surface area contributed by atoms with Crippen molar-refractivity contribution in [2.45, 2.75) is 12.3 Å². The van der Waals surface area contributed by atoms with Crippen molar-refractivity contribution in [3.8, 4) is 22.3 Å². The van der Waals surface area contributed by atoms with Gasteiger partial charge in [-0.2, -0.15) is 0 Å². The van der Waals surface area contributed by atoms with E-state index in [0.717, 1.165) is 0 Å². The number of hydrogen-bond donors (Lipinski definition) is 0. The first-order valence-corrected chi connectivity index (χ1v) is 14.8. The van der Waals surface area contributed by atoms with E-state index in [0.29, 0.717) is 4.90 Å². The van der Waals surface area contributed by atoms with Gasteiger partial charge in [-0.05, 0) is 87.5 Å². The average Bonchev–Trinajstić information content (AvgIpc) is 3.97. The molecule has 236 valence electrons. The number of furan rings is 1. The molecule has 1 aliphatic carbocycles. The molecule has 1 aliphatic rings. The van der Waals surface area contributed by atoms with Crippen molar-refractivity contribution in [3.63, 3.8) is 0 Å². The smallest absolute Gasteiger partial charge is 0.137 e. The van der Waals surface area contributed by atoms with Gasteiger partial charge in [-0.3, -0.25) is 0 Å². The first-order chi connectivity index (χ1) is 37.2. The molecule has 0 unspecified atom stereocenters. The number of rotatable bonds is 5. The maximum Gasteiger partial charge on any atom is 0.137 e. The van der Waals surface area contributed by atoms with Gasteiger partial charge in [0.15, 0.2) is 0 Å². The van der Waals surface area contributed by atoms with E-state index in [9.17, 15) is 15.1 Å². The van der Waals surface area contributed by atoms with Crippen molar-refractivity contribution in [1.29, 1.82) is 0 Å². The Kier molecular flexibility index (Phi) is 2.57. The highest BCUT2D eigenvalue weighted by atomic mass is 16.3. The Hall–Kier alpha value is -6.38. The first kappa shape index (κ1) is 11.6. The van der Waals surface area contributed by atoms with Crippen LogP contribution in [0.15, 0.2) is 186 Å². The Balaban J connectivity index is 1.38. The quantitative estimate of drug-likeness (QED) is 0.181. The Morgan fingerprint density at radius 1 is 0.480 bits per heavy atom. The molecule has 0 radical (unpaired) electrons. The van der Waals surface area contributed by atoms with E-state index in [2.05, 4.69) is 0 Å². The van der Waals surface area contributed by atoms with Crippen LogP contribution in [-0.4, -0.2) is 0 Å². The van der Waals surface area contributed by atoms with E-state index in [1.54, 1.807) is 0 Å². The van der Waals surface area contributed by atoms with Crippen LogP contribution in [0.5, 0.6) is 0 Å². The van der Waals surface area contributed by atoms with Crippen LogP contribution in [0.4, 0.5) is 17.1 Å². The molecular formula is C48H33NO. The SMILES string of the molecule is [2H]c1c([2H])c([2H])c(-c2c([2H])c([2H])c(N(c3c([2H])c([2H])c4c(oc5c([2H])c(C6(C)c7c([2H])c([2H])c([2H])c([2H])c7-c7c([2H])c([2H])c([2H])c([2H])c76)c([2H])c([2H])c54)c3[2H])c3c([2H])c([2H])c([2H])c4c([2H])c([2H])c([2H])c([2H])c34)c([2H])c2[2H])c([2H])c1[2H]. The Morgan fingerprint density at radius 2 is 1.06 bits per heavy atom. The minimum Gasteiger partial charge on any atom is -0.456 e. The van der Waals surface area contributed by atoms with Gasteiger partial charge in [-0.1, -0.05) is 139 Å². The van der Waals surface area contributed by atoms with Crippen LogP contribution in [-0.2, 0) is 5.41 Å². The second-order valence-corrected chi connectivity index (χ2v) is 11.1. The van der Waals surface area contributed by atoms with Crippen LogP contribution < -0.4 is 4.90 Å². The molecule has 2 heteroatoms. The third-order valence-electron chi connectivity index (χ3n) is 8.45. The Bertz CT molecular complexity index is 4320. The second kappa shape index (κ2) is 11.1. The summed E-state index contributed by atoms with van der Waals surface area (Å²) in [6.45, 7) is 1.23. The van der Waals surface area contributed by atoms with Gasteiger partial charge in [-0.25, -0.2) is 0 Å². The maximum atomic E-state index is 9.87. The summed E-state index contributed by atoms with van der Waals surface area (Å²) in [4.78, 5) is 0.433. The van der Waals surface area contributed by atoms with Crippen LogP contribution in [0.3, 0.4) is 0 Å². The molecule has 0 bridgehead atoms. The first-order valence-electron chi connectivity index (χ1n) is 29.8. The average molecular weight is 670 g/mol. The van der Waals surface area contributed by atoms with Crippen molar-refractivity contribution in [2.24, 2.45) is 0 Å². The molecule has 10 rings (SSSR count). The number of benzene rings is 8. The molecule has 0 fully saturated rings. The second-order valence-electron chi connectivity index (χ2n) is 11.1. The van der Waals surface area contributed by atoms with Crippen LogP contribution in [0, 0.1) is 0 Å². The Labute approximate surface area is 333 Å². The third kappa shape index (κ3) is 4.28. The molecule has 9 aromatic rings. The van der Waals surface area contributed by atoms with Crippen LogP contribution in [0.1, 0.15) is 64.7 Å². The minimum absolute atomic E-state index is 0.392. The zero-order valence-corrected chi connectivity index (χ0v) is 25.4. The van der Waals surface area contributed by atoms with Gasteiger partial charge in [-0.15, -0.1) is 0 Å². The van der Waals surface area contributed by atoms with E-state index >= 15 is 0 Å². The molecule has 0 spiro atoms. The van der Waals surface area contributed by atoms with Crippen molar-refractivity contribution in [1.82, 2.24) is 0 Å². The molecule has 0 saturated carbocycles. The summed E-state index contributed by atoms with van der Waals surface area (Å²) in [5.41, 5.74) is -10.9. The van der Waals surface area contributed by atoms with Gasteiger partial charge < -0.3 is 9.32 Å². The van der Waals surface area contributed by atoms with Crippen LogP contribution >= 0.6 is 0 Å². The third-order valence-corrected chi connectivity index (χ3v) is 8.45. The molecule has 8 aromatic carbocycles. The van der Waals surface area contributed by atoms with Crippen molar-refractivity contribution in [3.05, 3.63) is 198 Å². The molecule has 0 N–H and O–H groups in total. The van der Waals surface area contributed by atoms with Gasteiger partial charge in [0.2, 0.25) is 0 Å². The summed E-state index contributed by atoms with van der Waals surface area (Å²) in [6.07, 6.45) is 0. The number of anilines is 3. The van der Waals surface area contributed by atoms with Gasteiger partial charge in [0.1, 0.15) is 11.2 Å². The molecule has 1 heterocycles. The Morgan fingerprint density at radius 3 is 1.82 bits per heavy atom. The summed E-state index contributed by atoms with van der Waals surface area (Å²) in [5, 5.41) is -2.77. The van der Waals surface area contributed by atoms with E-state index in [-0.39, 0.29) is 0 Å². The summed E-state index contributed by atoms with van der Waals surface area (Å²) >= 11 is 0. The maximum absolute atomic E-state index is 9.87. The normalized spacial score (nSPS) is 21.5. The van der Waals surface area contributed by atoms with E-state index in [4.69, 9.17) is 30.5 Å². The van der Waals surface area contributed by atoms with E-state index in [1.807, 2.05) is 0 Å². The summed E-state index contributed by atoms with van der Waals surface area (Å²) in [5.74, 6) is 0. The lowest BCUT2D eigenvalue weighted by Gasteiger charge is -2.28. The van der Waals surface area contributed by atoms with Gasteiger partial charge >= 0.3 is 0 Å². The fourth-order valence-electron chi connectivity index (χ4n) is 6.08. The fraction of sp³-hybridized carbons (Fsp3) is 0.0417. The highest BCUT2D eigenvalue weighted by Gasteiger charge is 2.40. The molecule has 0 atom stereocenters. The molecular weight excluding hydrogens is 607 g/mol. The van der Waals surface area contributed by atoms with Gasteiger partial charge in [0.25, 0.3) is 0 Å². The topological polar surface area (TPSA) is 16.4 Å². The number of hydrogen-bond acceptors (Lipinski definition) is 2. The van der Waals surface area contributed by atoms with Crippen molar-refractivity contribution < 1.29 is 45.5 Å². The van der Waals surface area contributed by atoms with E-state index < -0.39 is 275 Å². The van der Waals surface area contributed by atoms with Crippen LogP contribution in [0.25, 0.3) is 55.0 Å².